The van der Waals surface area contributed by atoms with Crippen LogP contribution in [0.1, 0.15) is 18.9 Å². The Hall–Kier alpha value is -1.31. The van der Waals surface area contributed by atoms with Crippen LogP contribution < -0.4 is 10.1 Å². The zero-order valence-electron chi connectivity index (χ0n) is 12.8. The minimum absolute atomic E-state index is 0.660. The van der Waals surface area contributed by atoms with Gasteiger partial charge in [-0.3, -0.25) is 0 Å². The van der Waals surface area contributed by atoms with Crippen LogP contribution in [0.3, 0.4) is 0 Å². The largest absolute Gasteiger partial charge is 0.492 e. The molecule has 22 heavy (non-hydrogen) atoms. The summed E-state index contributed by atoms with van der Waals surface area (Å²) in [6.45, 7) is 4.39. The van der Waals surface area contributed by atoms with Gasteiger partial charge in [0, 0.05) is 25.9 Å². The average Bonchev–Trinajstić information content (AvgIpc) is 2.91. The molecular formula is C14H20ClN5OS. The number of thioether (sulfide) groups is 1. The molecule has 8 heteroatoms. The molecule has 0 saturated heterocycles. The summed E-state index contributed by atoms with van der Waals surface area (Å²) in [4.78, 5) is 0. The van der Waals surface area contributed by atoms with E-state index in [1.54, 1.807) is 16.4 Å². The standard InChI is InChI=1S/C14H20ClN5OS/c1-3-7-21-13-5-4-11(9-12(13)15)10-16-6-8-22-14-17-18-19-20(14)2/h4-5,9,16H,3,6-8,10H2,1-2H3. The second-order valence-corrected chi connectivity index (χ2v) is 6.19. The lowest BCUT2D eigenvalue weighted by Crippen LogP contribution is -2.16. The summed E-state index contributed by atoms with van der Waals surface area (Å²) in [6.07, 6.45) is 0.971. The van der Waals surface area contributed by atoms with Crippen LogP contribution >= 0.6 is 23.4 Å². The molecule has 0 atom stereocenters. The van der Waals surface area contributed by atoms with Crippen LogP contribution in [0, 0.1) is 0 Å². The maximum Gasteiger partial charge on any atom is 0.209 e. The minimum atomic E-state index is 0.660. The van der Waals surface area contributed by atoms with Gasteiger partial charge in [0.25, 0.3) is 0 Å². The third-order valence-corrected chi connectivity index (χ3v) is 4.19. The third-order valence-electron chi connectivity index (χ3n) is 2.88. The Bertz CT molecular complexity index is 592. The van der Waals surface area contributed by atoms with Crippen molar-refractivity contribution in [2.24, 2.45) is 7.05 Å². The van der Waals surface area contributed by atoms with Crippen LogP contribution in [0.4, 0.5) is 0 Å². The van der Waals surface area contributed by atoms with E-state index in [9.17, 15) is 0 Å². The van der Waals surface area contributed by atoms with Crippen molar-refractivity contribution in [2.45, 2.75) is 25.0 Å². The average molecular weight is 342 g/mol. The van der Waals surface area contributed by atoms with Gasteiger partial charge in [0.1, 0.15) is 5.75 Å². The van der Waals surface area contributed by atoms with Gasteiger partial charge in [-0.25, -0.2) is 4.68 Å². The summed E-state index contributed by atoms with van der Waals surface area (Å²) < 4.78 is 7.23. The number of halogens is 1. The number of nitrogens with zero attached hydrogens (tertiary/aromatic N) is 4. The number of nitrogens with one attached hydrogen (secondary N) is 1. The summed E-state index contributed by atoms with van der Waals surface area (Å²) in [6, 6.07) is 5.90. The highest BCUT2D eigenvalue weighted by atomic mass is 35.5. The molecule has 0 bridgehead atoms. The molecule has 0 radical (unpaired) electrons. The second kappa shape index (κ2) is 8.97. The van der Waals surface area contributed by atoms with Crippen molar-refractivity contribution in [3.8, 4) is 5.75 Å². The molecule has 1 N–H and O–H groups in total. The van der Waals surface area contributed by atoms with Crippen molar-refractivity contribution in [3.63, 3.8) is 0 Å². The molecule has 0 unspecified atom stereocenters. The predicted molar refractivity (Wildman–Crippen MR) is 88.5 cm³/mol. The highest BCUT2D eigenvalue weighted by Crippen LogP contribution is 2.25. The van der Waals surface area contributed by atoms with Crippen LogP contribution in [0.15, 0.2) is 23.4 Å². The van der Waals surface area contributed by atoms with Gasteiger partial charge >= 0.3 is 0 Å². The van der Waals surface area contributed by atoms with E-state index in [4.69, 9.17) is 16.3 Å². The zero-order chi connectivity index (χ0) is 15.8. The van der Waals surface area contributed by atoms with E-state index in [1.165, 1.54) is 0 Å². The molecule has 1 aromatic carbocycles. The van der Waals surface area contributed by atoms with Gasteiger partial charge in [0.05, 0.1) is 11.6 Å². The molecule has 0 saturated carbocycles. The number of benzene rings is 1. The molecule has 6 nitrogen and oxygen atoms in total. The van der Waals surface area contributed by atoms with Crippen molar-refractivity contribution in [2.75, 3.05) is 18.9 Å². The van der Waals surface area contributed by atoms with Crippen LogP contribution in [0.5, 0.6) is 5.75 Å². The maximum absolute atomic E-state index is 6.21. The second-order valence-electron chi connectivity index (χ2n) is 4.72. The van der Waals surface area contributed by atoms with E-state index in [0.29, 0.717) is 11.6 Å². The summed E-state index contributed by atoms with van der Waals surface area (Å²) in [5.41, 5.74) is 1.14. The van der Waals surface area contributed by atoms with Crippen LogP contribution in [0.25, 0.3) is 0 Å². The predicted octanol–water partition coefficient (Wildman–Crippen LogP) is 2.53. The first-order valence-corrected chi connectivity index (χ1v) is 8.54. The van der Waals surface area contributed by atoms with Crippen LogP contribution in [-0.4, -0.2) is 39.1 Å². The third kappa shape index (κ3) is 5.15. The number of hydrogen-bond donors (Lipinski definition) is 1. The van der Waals surface area contributed by atoms with Gasteiger partial charge in [-0.2, -0.15) is 0 Å². The molecule has 120 valence electrons. The van der Waals surface area contributed by atoms with E-state index in [2.05, 4.69) is 27.8 Å². The van der Waals surface area contributed by atoms with Crippen molar-refractivity contribution in [3.05, 3.63) is 28.8 Å². The Morgan fingerprint density at radius 1 is 1.41 bits per heavy atom. The Morgan fingerprint density at radius 3 is 2.95 bits per heavy atom. The topological polar surface area (TPSA) is 64.9 Å². The van der Waals surface area contributed by atoms with E-state index < -0.39 is 0 Å². The number of hydrogen-bond acceptors (Lipinski definition) is 6. The highest BCUT2D eigenvalue weighted by Gasteiger charge is 2.04. The molecule has 1 aromatic heterocycles. The Labute approximate surface area is 139 Å². The van der Waals surface area contributed by atoms with Gasteiger partial charge in [0.2, 0.25) is 5.16 Å². The van der Waals surface area contributed by atoms with E-state index >= 15 is 0 Å². The van der Waals surface area contributed by atoms with E-state index in [-0.39, 0.29) is 0 Å². The Kier molecular flexibility index (Phi) is 6.95. The fourth-order valence-electron chi connectivity index (χ4n) is 1.77. The van der Waals surface area contributed by atoms with E-state index in [1.807, 2.05) is 25.2 Å². The quantitative estimate of drug-likeness (QED) is 0.558. The number of ether oxygens (including phenoxy) is 1. The first-order valence-electron chi connectivity index (χ1n) is 7.17. The molecule has 0 aliphatic rings. The monoisotopic (exact) mass is 341 g/mol. The normalized spacial score (nSPS) is 10.9. The molecule has 1 heterocycles. The summed E-state index contributed by atoms with van der Waals surface area (Å²) in [7, 11) is 1.83. The zero-order valence-corrected chi connectivity index (χ0v) is 14.3. The summed E-state index contributed by atoms with van der Waals surface area (Å²) >= 11 is 7.83. The molecule has 0 amide bonds. The Balaban J connectivity index is 1.70. The van der Waals surface area contributed by atoms with Gasteiger partial charge in [0.15, 0.2) is 0 Å². The van der Waals surface area contributed by atoms with Gasteiger partial charge < -0.3 is 10.1 Å². The first-order chi connectivity index (χ1) is 10.7. The molecule has 0 aliphatic heterocycles. The van der Waals surface area contributed by atoms with E-state index in [0.717, 1.165) is 41.7 Å². The van der Waals surface area contributed by atoms with Crippen molar-refractivity contribution < 1.29 is 4.74 Å². The van der Waals surface area contributed by atoms with Crippen LogP contribution in [-0.2, 0) is 13.6 Å². The molecular weight excluding hydrogens is 322 g/mol. The number of aryl methyl sites for hydroxylation is 1. The van der Waals surface area contributed by atoms with Crippen molar-refractivity contribution >= 4 is 23.4 Å². The molecule has 0 fully saturated rings. The number of rotatable bonds is 9. The summed E-state index contributed by atoms with van der Waals surface area (Å²) in [5.74, 6) is 1.65. The lowest BCUT2D eigenvalue weighted by atomic mass is 10.2. The molecule has 2 rings (SSSR count). The SMILES string of the molecule is CCCOc1ccc(CNCCSc2nnnn2C)cc1Cl. The molecule has 0 aliphatic carbocycles. The lowest BCUT2D eigenvalue weighted by Gasteiger charge is -2.09. The van der Waals surface area contributed by atoms with Gasteiger partial charge in [-0.1, -0.05) is 36.4 Å². The smallest absolute Gasteiger partial charge is 0.209 e. The van der Waals surface area contributed by atoms with Crippen molar-refractivity contribution in [1.29, 1.82) is 0 Å². The fraction of sp³-hybridized carbons (Fsp3) is 0.500. The molecule has 2 aromatic rings. The van der Waals surface area contributed by atoms with Gasteiger partial charge in [-0.15, -0.1) is 5.10 Å². The maximum atomic E-state index is 6.21. The fourth-order valence-corrected chi connectivity index (χ4v) is 2.78. The van der Waals surface area contributed by atoms with Crippen LogP contribution in [0.2, 0.25) is 5.02 Å². The lowest BCUT2D eigenvalue weighted by molar-refractivity contribution is 0.317. The first kappa shape index (κ1) is 17.1. The highest BCUT2D eigenvalue weighted by molar-refractivity contribution is 7.99. The minimum Gasteiger partial charge on any atom is -0.492 e. The van der Waals surface area contributed by atoms with Crippen molar-refractivity contribution in [1.82, 2.24) is 25.5 Å². The molecule has 0 spiro atoms. The summed E-state index contributed by atoms with van der Waals surface area (Å²) in [5, 5.41) is 16.2. The van der Waals surface area contributed by atoms with Gasteiger partial charge in [-0.05, 0) is 34.5 Å². The number of tetrazole rings is 1. The number of aromatic nitrogens is 4. The Morgan fingerprint density at radius 2 is 2.27 bits per heavy atom.